The van der Waals surface area contributed by atoms with Gasteiger partial charge in [-0.05, 0) is 55.4 Å². The zero-order chi connectivity index (χ0) is 21.3. The number of carbonyl (C=O) groups excluding carboxylic acids is 2. The normalized spacial score (nSPS) is 17.8. The second-order valence-electron chi connectivity index (χ2n) is 7.72. The second-order valence-corrected chi connectivity index (χ2v) is 7.72. The van der Waals surface area contributed by atoms with E-state index in [4.69, 9.17) is 15.2 Å². The van der Waals surface area contributed by atoms with Crippen LogP contribution in [0.1, 0.15) is 43.7 Å². The van der Waals surface area contributed by atoms with Crippen LogP contribution in [0.15, 0.2) is 54.6 Å². The van der Waals surface area contributed by atoms with Gasteiger partial charge >= 0.3 is 12.1 Å². The molecule has 1 aliphatic heterocycles. The largest absolute Gasteiger partial charge is 0.446 e. The van der Waals surface area contributed by atoms with Gasteiger partial charge in [-0.3, -0.25) is 9.69 Å². The van der Waals surface area contributed by atoms with Crippen molar-refractivity contribution >= 4 is 12.1 Å². The molecule has 2 aromatic rings. The Morgan fingerprint density at radius 3 is 2.47 bits per heavy atom. The van der Waals surface area contributed by atoms with Crippen molar-refractivity contribution in [2.24, 2.45) is 11.7 Å². The number of carbonyl (C=O) groups is 2. The first-order valence-electron chi connectivity index (χ1n) is 10.6. The van der Waals surface area contributed by atoms with Crippen LogP contribution >= 0.6 is 0 Å². The number of ether oxygens (including phenoxy) is 2. The van der Waals surface area contributed by atoms with E-state index in [-0.39, 0.29) is 18.1 Å². The maximum absolute atomic E-state index is 12.9. The molecule has 1 heterocycles. The lowest BCUT2D eigenvalue weighted by atomic mass is 9.97. The number of benzene rings is 2. The Bertz CT molecular complexity index is 823. The molecule has 6 nitrogen and oxygen atoms in total. The van der Waals surface area contributed by atoms with E-state index in [9.17, 15) is 9.59 Å². The highest BCUT2D eigenvalue weighted by Gasteiger charge is 2.28. The number of hydrogen-bond donors (Lipinski definition) is 1. The van der Waals surface area contributed by atoms with Crippen LogP contribution in [-0.2, 0) is 22.5 Å². The number of amides is 1. The van der Waals surface area contributed by atoms with E-state index in [1.807, 2.05) is 37.3 Å². The van der Waals surface area contributed by atoms with Crippen LogP contribution < -0.4 is 10.5 Å². The molecule has 1 amide bonds. The number of nitrogens with zero attached hydrogens (tertiary/aromatic N) is 1. The quantitative estimate of drug-likeness (QED) is 0.657. The molecule has 0 spiro atoms. The summed E-state index contributed by atoms with van der Waals surface area (Å²) >= 11 is 0. The predicted molar refractivity (Wildman–Crippen MR) is 115 cm³/mol. The molecular weight excluding hydrogens is 380 g/mol. The van der Waals surface area contributed by atoms with Crippen LogP contribution in [-0.4, -0.2) is 29.7 Å². The number of primary amides is 1. The van der Waals surface area contributed by atoms with Crippen LogP contribution in [0, 0.1) is 5.92 Å². The van der Waals surface area contributed by atoms with E-state index >= 15 is 0 Å². The molecule has 1 fully saturated rings. The van der Waals surface area contributed by atoms with Gasteiger partial charge in [0, 0.05) is 13.1 Å². The number of esters is 1. The Kier molecular flexibility index (Phi) is 7.85. The summed E-state index contributed by atoms with van der Waals surface area (Å²) in [7, 11) is 0. The topological polar surface area (TPSA) is 81.9 Å². The SMILES string of the molecule is CCC(Cc1ccc(OC(N)=O)cc1)C(=O)O[C@H]1CCCCN1Cc1ccccc1. The molecule has 0 saturated carbocycles. The van der Waals surface area contributed by atoms with Gasteiger partial charge in [-0.25, -0.2) is 4.79 Å². The van der Waals surface area contributed by atoms with Crippen LogP contribution in [0.3, 0.4) is 0 Å². The summed E-state index contributed by atoms with van der Waals surface area (Å²) in [5.41, 5.74) is 7.24. The molecule has 30 heavy (non-hydrogen) atoms. The highest BCUT2D eigenvalue weighted by Crippen LogP contribution is 2.24. The van der Waals surface area contributed by atoms with Crippen molar-refractivity contribution in [3.63, 3.8) is 0 Å². The molecule has 0 aliphatic carbocycles. The van der Waals surface area contributed by atoms with Crippen molar-refractivity contribution < 1.29 is 19.1 Å². The van der Waals surface area contributed by atoms with Gasteiger partial charge in [-0.2, -0.15) is 0 Å². The lowest BCUT2D eigenvalue weighted by Crippen LogP contribution is -2.43. The van der Waals surface area contributed by atoms with Gasteiger partial charge in [0.15, 0.2) is 6.23 Å². The lowest BCUT2D eigenvalue weighted by Gasteiger charge is -2.35. The number of piperidine rings is 1. The fourth-order valence-corrected chi connectivity index (χ4v) is 3.81. The predicted octanol–water partition coefficient (Wildman–Crippen LogP) is 4.27. The zero-order valence-electron chi connectivity index (χ0n) is 17.5. The maximum Gasteiger partial charge on any atom is 0.409 e. The van der Waals surface area contributed by atoms with Gasteiger partial charge in [-0.15, -0.1) is 0 Å². The minimum Gasteiger partial charge on any atom is -0.446 e. The Labute approximate surface area is 178 Å². The van der Waals surface area contributed by atoms with Gasteiger partial charge < -0.3 is 15.2 Å². The van der Waals surface area contributed by atoms with Gasteiger partial charge in [0.1, 0.15) is 5.75 Å². The third-order valence-corrected chi connectivity index (χ3v) is 5.48. The first kappa shape index (κ1) is 21.8. The molecule has 6 heteroatoms. The molecule has 1 unspecified atom stereocenters. The Morgan fingerprint density at radius 1 is 1.07 bits per heavy atom. The molecule has 2 atom stereocenters. The van der Waals surface area contributed by atoms with E-state index in [1.54, 1.807) is 12.1 Å². The summed E-state index contributed by atoms with van der Waals surface area (Å²) in [6.07, 6.45) is 3.33. The first-order chi connectivity index (χ1) is 14.5. The van der Waals surface area contributed by atoms with Crippen LogP contribution in [0.2, 0.25) is 0 Å². The Morgan fingerprint density at radius 2 is 1.80 bits per heavy atom. The van der Waals surface area contributed by atoms with Crippen LogP contribution in [0.4, 0.5) is 4.79 Å². The van der Waals surface area contributed by atoms with Crippen molar-refractivity contribution in [1.29, 1.82) is 0 Å². The third-order valence-electron chi connectivity index (χ3n) is 5.48. The maximum atomic E-state index is 12.9. The Hall–Kier alpha value is -2.86. The summed E-state index contributed by atoms with van der Waals surface area (Å²) < 4.78 is 10.8. The smallest absolute Gasteiger partial charge is 0.409 e. The lowest BCUT2D eigenvalue weighted by molar-refractivity contribution is -0.168. The molecule has 2 aromatic carbocycles. The van der Waals surface area contributed by atoms with E-state index in [0.717, 1.165) is 37.9 Å². The minimum atomic E-state index is -0.842. The molecule has 0 radical (unpaired) electrons. The number of hydrogen-bond acceptors (Lipinski definition) is 5. The van der Waals surface area contributed by atoms with E-state index in [1.165, 1.54) is 5.56 Å². The number of likely N-dealkylation sites (tertiary alicyclic amines) is 1. The van der Waals surface area contributed by atoms with Crippen molar-refractivity contribution in [2.45, 2.75) is 51.8 Å². The fraction of sp³-hybridized carbons (Fsp3) is 0.417. The van der Waals surface area contributed by atoms with Crippen LogP contribution in [0.25, 0.3) is 0 Å². The van der Waals surface area contributed by atoms with Crippen molar-refractivity contribution in [2.75, 3.05) is 6.54 Å². The van der Waals surface area contributed by atoms with Crippen molar-refractivity contribution in [1.82, 2.24) is 4.90 Å². The minimum absolute atomic E-state index is 0.153. The molecule has 160 valence electrons. The van der Waals surface area contributed by atoms with Gasteiger partial charge in [0.2, 0.25) is 0 Å². The average Bonchev–Trinajstić information content (AvgIpc) is 2.75. The average molecular weight is 411 g/mol. The van der Waals surface area contributed by atoms with E-state index in [2.05, 4.69) is 17.0 Å². The van der Waals surface area contributed by atoms with Gasteiger partial charge in [-0.1, -0.05) is 49.4 Å². The zero-order valence-corrected chi connectivity index (χ0v) is 17.5. The molecule has 1 saturated heterocycles. The van der Waals surface area contributed by atoms with Gasteiger partial charge in [0.05, 0.1) is 5.92 Å². The van der Waals surface area contributed by atoms with Crippen molar-refractivity contribution in [3.05, 3.63) is 65.7 Å². The van der Waals surface area contributed by atoms with Crippen LogP contribution in [0.5, 0.6) is 5.75 Å². The standard InChI is InChI=1S/C24H30N2O4/c1-2-20(16-18-11-13-21(14-12-18)29-24(25)28)23(27)30-22-10-6-7-15-26(22)17-19-8-4-3-5-9-19/h3-5,8-9,11-14,20,22H,2,6-7,10,15-17H2,1H3,(H2,25,28)/t20?,22-/m0/s1. The highest BCUT2D eigenvalue weighted by atomic mass is 16.6. The molecule has 2 N–H and O–H groups in total. The first-order valence-corrected chi connectivity index (χ1v) is 10.6. The Balaban J connectivity index is 1.59. The number of rotatable bonds is 8. The monoisotopic (exact) mass is 410 g/mol. The van der Waals surface area contributed by atoms with E-state index in [0.29, 0.717) is 18.6 Å². The fourth-order valence-electron chi connectivity index (χ4n) is 3.81. The summed E-state index contributed by atoms with van der Waals surface area (Å²) in [6.45, 7) is 3.72. The number of nitrogens with two attached hydrogens (primary N) is 1. The highest BCUT2D eigenvalue weighted by molar-refractivity contribution is 5.73. The summed E-state index contributed by atoms with van der Waals surface area (Å²) in [6, 6.07) is 17.3. The molecule has 0 aromatic heterocycles. The third kappa shape index (κ3) is 6.32. The van der Waals surface area contributed by atoms with Crippen molar-refractivity contribution in [3.8, 4) is 5.75 Å². The second kappa shape index (κ2) is 10.8. The summed E-state index contributed by atoms with van der Waals surface area (Å²) in [4.78, 5) is 26.0. The van der Waals surface area contributed by atoms with E-state index < -0.39 is 6.09 Å². The molecule has 3 rings (SSSR count). The molecular formula is C24H30N2O4. The van der Waals surface area contributed by atoms with Gasteiger partial charge in [0.25, 0.3) is 0 Å². The summed E-state index contributed by atoms with van der Waals surface area (Å²) in [5.74, 6) is 0.0222. The molecule has 0 bridgehead atoms. The molecule has 1 aliphatic rings. The summed E-state index contributed by atoms with van der Waals surface area (Å²) in [5, 5.41) is 0.